The fourth-order valence-electron chi connectivity index (χ4n) is 1.59. The molecule has 6 heteroatoms. The zero-order chi connectivity index (χ0) is 14.5. The maximum Gasteiger partial charge on any atom is 0.339 e. The monoisotopic (exact) mass is 294 g/mol. The first kappa shape index (κ1) is 14.3. The average molecular weight is 295 g/mol. The number of rotatable bonds is 4. The lowest BCUT2D eigenvalue weighted by Crippen LogP contribution is -2.06. The normalized spacial score (nSPS) is 10.2. The van der Waals surface area contributed by atoms with Gasteiger partial charge in [-0.25, -0.2) is 9.18 Å². The van der Waals surface area contributed by atoms with E-state index in [1.807, 2.05) is 0 Å². The number of halogens is 2. The summed E-state index contributed by atoms with van der Waals surface area (Å²) in [6.07, 6.45) is 1.41. The van der Waals surface area contributed by atoms with Crippen molar-refractivity contribution in [1.82, 2.24) is 4.98 Å². The van der Waals surface area contributed by atoms with Crippen LogP contribution < -0.4 is 5.32 Å². The second-order valence-electron chi connectivity index (χ2n) is 3.98. The number of carbonyl (C=O) groups excluding carboxylic acids is 1. The molecule has 0 spiro atoms. The Morgan fingerprint density at radius 2 is 2.20 bits per heavy atom. The minimum Gasteiger partial charge on any atom is -0.465 e. The molecule has 1 aromatic carbocycles. The van der Waals surface area contributed by atoms with E-state index in [2.05, 4.69) is 15.0 Å². The Morgan fingerprint density at radius 3 is 2.85 bits per heavy atom. The molecule has 0 aliphatic carbocycles. The van der Waals surface area contributed by atoms with Crippen LogP contribution in [0.4, 0.5) is 10.1 Å². The number of nitrogens with one attached hydrogen (secondary N) is 1. The van der Waals surface area contributed by atoms with Crippen molar-refractivity contribution in [3.05, 3.63) is 58.6 Å². The summed E-state index contributed by atoms with van der Waals surface area (Å²) in [5, 5.41) is 2.95. The highest BCUT2D eigenvalue weighted by atomic mass is 35.5. The van der Waals surface area contributed by atoms with Gasteiger partial charge in [0.1, 0.15) is 0 Å². The van der Waals surface area contributed by atoms with Crippen molar-refractivity contribution in [2.45, 2.75) is 6.54 Å². The van der Waals surface area contributed by atoms with Gasteiger partial charge < -0.3 is 10.1 Å². The van der Waals surface area contributed by atoms with Gasteiger partial charge in [0.05, 0.1) is 35.6 Å². The van der Waals surface area contributed by atoms with Crippen molar-refractivity contribution in [2.24, 2.45) is 0 Å². The molecule has 0 saturated heterocycles. The highest BCUT2D eigenvalue weighted by molar-refractivity contribution is 6.31. The largest absolute Gasteiger partial charge is 0.465 e. The number of esters is 1. The third kappa shape index (κ3) is 3.24. The summed E-state index contributed by atoms with van der Waals surface area (Å²) in [4.78, 5) is 15.3. The molecule has 1 aromatic heterocycles. The highest BCUT2D eigenvalue weighted by Gasteiger charge is 2.07. The number of nitrogens with zero attached hydrogens (tertiary/aromatic N) is 1. The number of anilines is 1. The van der Waals surface area contributed by atoms with Crippen LogP contribution in [0.1, 0.15) is 16.1 Å². The van der Waals surface area contributed by atoms with Gasteiger partial charge in [-0.2, -0.15) is 0 Å². The predicted octanol–water partition coefficient (Wildman–Crippen LogP) is 3.27. The summed E-state index contributed by atoms with van der Waals surface area (Å²) >= 11 is 5.69. The molecule has 2 rings (SSSR count). The quantitative estimate of drug-likeness (QED) is 0.879. The van der Waals surface area contributed by atoms with Crippen molar-refractivity contribution in [3.63, 3.8) is 0 Å². The number of benzene rings is 1. The molecule has 0 atom stereocenters. The molecular formula is C14H12ClFN2O2. The molecule has 2 aromatic rings. The molecule has 0 bridgehead atoms. The molecule has 0 unspecified atom stereocenters. The van der Waals surface area contributed by atoms with Crippen molar-refractivity contribution in [2.75, 3.05) is 12.4 Å². The molecule has 20 heavy (non-hydrogen) atoms. The summed E-state index contributed by atoms with van der Waals surface area (Å²) in [6.45, 7) is 0.318. The molecule has 0 fully saturated rings. The Kier molecular flexibility index (Phi) is 4.53. The smallest absolute Gasteiger partial charge is 0.339 e. The Morgan fingerprint density at radius 1 is 1.40 bits per heavy atom. The summed E-state index contributed by atoms with van der Waals surface area (Å²) in [6, 6.07) is 7.99. The van der Waals surface area contributed by atoms with Crippen LogP contribution in [-0.4, -0.2) is 18.1 Å². The third-order valence-corrected chi connectivity index (χ3v) is 2.95. The van der Waals surface area contributed by atoms with Crippen LogP contribution in [-0.2, 0) is 11.3 Å². The SMILES string of the molecule is COC(=O)c1ccc(CNc2cccc(Cl)c2F)nc1. The number of pyridine rings is 1. The molecule has 4 nitrogen and oxygen atoms in total. The van der Waals surface area contributed by atoms with E-state index in [-0.39, 0.29) is 5.02 Å². The van der Waals surface area contributed by atoms with E-state index in [1.165, 1.54) is 19.4 Å². The van der Waals surface area contributed by atoms with Gasteiger partial charge in [-0.05, 0) is 24.3 Å². The van der Waals surface area contributed by atoms with Crippen molar-refractivity contribution in [1.29, 1.82) is 0 Å². The number of carbonyl (C=O) groups is 1. The fourth-order valence-corrected chi connectivity index (χ4v) is 1.77. The van der Waals surface area contributed by atoms with Crippen molar-refractivity contribution in [3.8, 4) is 0 Å². The van der Waals surface area contributed by atoms with Gasteiger partial charge in [-0.1, -0.05) is 17.7 Å². The van der Waals surface area contributed by atoms with E-state index in [0.29, 0.717) is 23.5 Å². The highest BCUT2D eigenvalue weighted by Crippen LogP contribution is 2.22. The standard InChI is InChI=1S/C14H12ClFN2O2/c1-20-14(19)9-5-6-10(17-7-9)8-18-12-4-2-3-11(15)13(12)16/h2-7,18H,8H2,1H3. The van der Waals surface area contributed by atoms with Gasteiger partial charge >= 0.3 is 5.97 Å². The maximum atomic E-state index is 13.6. The van der Waals surface area contributed by atoms with Gasteiger partial charge in [0, 0.05) is 6.20 Å². The Hall–Kier alpha value is -2.14. The molecule has 1 heterocycles. The molecule has 0 aliphatic rings. The fraction of sp³-hybridized carbons (Fsp3) is 0.143. The van der Waals surface area contributed by atoms with Crippen LogP contribution in [0.5, 0.6) is 0 Å². The van der Waals surface area contributed by atoms with E-state index in [0.717, 1.165) is 0 Å². The zero-order valence-corrected chi connectivity index (χ0v) is 11.4. The lowest BCUT2D eigenvalue weighted by molar-refractivity contribution is 0.0600. The van der Waals surface area contributed by atoms with Crippen LogP contribution >= 0.6 is 11.6 Å². The van der Waals surface area contributed by atoms with E-state index in [9.17, 15) is 9.18 Å². The Bertz CT molecular complexity index is 617. The molecule has 0 saturated carbocycles. The predicted molar refractivity (Wildman–Crippen MR) is 74.3 cm³/mol. The molecule has 0 aliphatic heterocycles. The van der Waals surface area contributed by atoms with Gasteiger partial charge in [0.15, 0.2) is 5.82 Å². The molecule has 0 amide bonds. The van der Waals surface area contributed by atoms with Crippen LogP contribution in [0.2, 0.25) is 5.02 Å². The van der Waals surface area contributed by atoms with Crippen LogP contribution in [0.3, 0.4) is 0 Å². The van der Waals surface area contributed by atoms with E-state index in [4.69, 9.17) is 11.6 Å². The van der Waals surface area contributed by atoms with E-state index >= 15 is 0 Å². The number of ether oxygens (including phenoxy) is 1. The van der Waals surface area contributed by atoms with Crippen LogP contribution in [0, 0.1) is 5.82 Å². The average Bonchev–Trinajstić information content (AvgIpc) is 2.48. The minimum absolute atomic E-state index is 0.0593. The number of aromatic nitrogens is 1. The lowest BCUT2D eigenvalue weighted by atomic mass is 10.2. The van der Waals surface area contributed by atoms with Gasteiger partial charge in [-0.15, -0.1) is 0 Å². The zero-order valence-electron chi connectivity index (χ0n) is 10.7. The van der Waals surface area contributed by atoms with Crippen molar-refractivity contribution >= 4 is 23.3 Å². The molecular weight excluding hydrogens is 283 g/mol. The second kappa shape index (κ2) is 6.34. The second-order valence-corrected chi connectivity index (χ2v) is 4.39. The number of methoxy groups -OCH3 is 1. The molecule has 1 N–H and O–H groups in total. The maximum absolute atomic E-state index is 13.6. The van der Waals surface area contributed by atoms with Gasteiger partial charge in [0.2, 0.25) is 0 Å². The Labute approximate surface area is 120 Å². The third-order valence-electron chi connectivity index (χ3n) is 2.66. The van der Waals surface area contributed by atoms with E-state index in [1.54, 1.807) is 24.3 Å². The van der Waals surface area contributed by atoms with Crippen molar-refractivity contribution < 1.29 is 13.9 Å². The molecule has 104 valence electrons. The summed E-state index contributed by atoms with van der Waals surface area (Å²) in [7, 11) is 1.31. The van der Waals surface area contributed by atoms with E-state index < -0.39 is 11.8 Å². The first-order valence-corrected chi connectivity index (χ1v) is 6.20. The lowest BCUT2D eigenvalue weighted by Gasteiger charge is -2.08. The number of hydrogen-bond acceptors (Lipinski definition) is 4. The van der Waals surface area contributed by atoms with Crippen LogP contribution in [0.15, 0.2) is 36.5 Å². The first-order valence-electron chi connectivity index (χ1n) is 5.83. The number of hydrogen-bond donors (Lipinski definition) is 1. The summed E-state index contributed by atoms with van der Waals surface area (Å²) in [5.41, 5.74) is 1.33. The topological polar surface area (TPSA) is 51.2 Å². The molecule has 0 radical (unpaired) electrons. The first-order chi connectivity index (χ1) is 9.61. The summed E-state index contributed by atoms with van der Waals surface area (Å²) in [5.74, 6) is -0.946. The summed E-state index contributed by atoms with van der Waals surface area (Å²) < 4.78 is 18.2. The Balaban J connectivity index is 2.04. The minimum atomic E-state index is -0.500. The van der Waals surface area contributed by atoms with Gasteiger partial charge in [-0.3, -0.25) is 4.98 Å². The van der Waals surface area contributed by atoms with Crippen LogP contribution in [0.25, 0.3) is 0 Å². The van der Waals surface area contributed by atoms with Gasteiger partial charge in [0.25, 0.3) is 0 Å².